The Bertz CT molecular complexity index is 107. The third-order valence-corrected chi connectivity index (χ3v) is 4.11. The summed E-state index contributed by atoms with van der Waals surface area (Å²) in [5.74, 6) is 0. The second kappa shape index (κ2) is 3.40. The number of hydrogen-bond acceptors (Lipinski definition) is 0. The number of hydrogen-bond donors (Lipinski definition) is 0. The predicted octanol–water partition coefficient (Wildman–Crippen LogP) is 2.12. The Morgan fingerprint density at radius 3 is 1.44 bits per heavy atom. The molecule has 0 aromatic carbocycles. The molecule has 0 aromatic heterocycles. The highest BCUT2D eigenvalue weighted by molar-refractivity contribution is 6.92. The van der Waals surface area contributed by atoms with Gasteiger partial charge in [-0.2, -0.15) is 0 Å². The fraction of sp³-hybridized carbons (Fsp3) is 0.143. The lowest BCUT2D eigenvalue weighted by Gasteiger charge is -2.12. The quantitative estimate of drug-likeness (QED) is 0.527. The molecule has 2 heteroatoms. The molecule has 9 heavy (non-hydrogen) atoms. The van der Waals surface area contributed by atoms with Crippen LogP contribution in [0.1, 0.15) is 0 Å². The molecule has 0 rings (SSSR count). The molecule has 0 aliphatic rings. The van der Waals surface area contributed by atoms with Gasteiger partial charge < -0.3 is 0 Å². The zero-order chi connectivity index (χ0) is 7.33. The van der Waals surface area contributed by atoms with Crippen molar-refractivity contribution in [2.24, 2.45) is 0 Å². The lowest BCUT2D eigenvalue weighted by Crippen LogP contribution is -2.29. The molecule has 0 atom stereocenters. The highest BCUT2D eigenvalue weighted by Crippen LogP contribution is 2.06. The maximum absolute atomic E-state index is 12.2. The first-order valence-corrected chi connectivity index (χ1v) is 5.15. The third kappa shape index (κ3) is 1.64. The molecule has 0 unspecified atom stereocenters. The van der Waals surface area contributed by atoms with Gasteiger partial charge in [0.2, 0.25) is 0 Å². The van der Waals surface area contributed by atoms with E-state index in [1.165, 1.54) is 0 Å². The standard InChI is InChI=1S/C7H11FSi/c1-4-9(5-2,6-3)7-8/h4-6H,1-3,7H2. The largest absolute Gasteiger partial charge is 0.254 e. The summed E-state index contributed by atoms with van der Waals surface area (Å²) in [6.07, 6.45) is -0.372. The minimum Gasteiger partial charge on any atom is -0.254 e. The lowest BCUT2D eigenvalue weighted by molar-refractivity contribution is 0.587. The van der Waals surface area contributed by atoms with Crippen molar-refractivity contribution in [1.82, 2.24) is 0 Å². The van der Waals surface area contributed by atoms with Crippen molar-refractivity contribution in [2.75, 3.05) is 6.30 Å². The topological polar surface area (TPSA) is 0 Å². The summed E-state index contributed by atoms with van der Waals surface area (Å²) >= 11 is 0. The fourth-order valence-corrected chi connectivity index (χ4v) is 1.24. The van der Waals surface area contributed by atoms with Crippen molar-refractivity contribution in [3.63, 3.8) is 0 Å². The molecule has 0 spiro atoms. The molecule has 0 aromatic rings. The van der Waals surface area contributed by atoms with Gasteiger partial charge in [0, 0.05) is 0 Å². The van der Waals surface area contributed by atoms with Gasteiger partial charge in [-0.15, -0.1) is 19.7 Å². The molecule has 0 N–H and O–H groups in total. The maximum Gasteiger partial charge on any atom is 0.158 e. The van der Waals surface area contributed by atoms with Crippen molar-refractivity contribution in [1.29, 1.82) is 0 Å². The Kier molecular flexibility index (Phi) is 3.16. The van der Waals surface area contributed by atoms with Crippen molar-refractivity contribution in [2.45, 2.75) is 0 Å². The van der Waals surface area contributed by atoms with Crippen LogP contribution >= 0.6 is 0 Å². The van der Waals surface area contributed by atoms with E-state index >= 15 is 0 Å². The number of halogens is 1. The molecule has 0 aliphatic carbocycles. The van der Waals surface area contributed by atoms with Gasteiger partial charge in [0.25, 0.3) is 0 Å². The Morgan fingerprint density at radius 1 is 1.11 bits per heavy atom. The average molecular weight is 142 g/mol. The van der Waals surface area contributed by atoms with Crippen LogP contribution in [0, 0.1) is 0 Å². The lowest BCUT2D eigenvalue weighted by atomic mass is 11.2. The van der Waals surface area contributed by atoms with Gasteiger partial charge in [-0.25, -0.2) is 0 Å². The summed E-state index contributed by atoms with van der Waals surface area (Å²) in [4.78, 5) is 0. The van der Waals surface area contributed by atoms with Crippen LogP contribution in [-0.4, -0.2) is 14.4 Å². The van der Waals surface area contributed by atoms with Gasteiger partial charge in [0.15, 0.2) is 8.07 Å². The molecule has 0 bridgehead atoms. The van der Waals surface area contributed by atoms with E-state index in [1.54, 1.807) is 17.1 Å². The first-order chi connectivity index (χ1) is 4.24. The normalized spacial score (nSPS) is 10.3. The smallest absolute Gasteiger partial charge is 0.158 e. The van der Waals surface area contributed by atoms with Gasteiger partial charge in [-0.05, 0) is 0 Å². The second-order valence-electron chi connectivity index (χ2n) is 1.86. The summed E-state index contributed by atoms with van der Waals surface area (Å²) in [6, 6.07) is 0. The van der Waals surface area contributed by atoms with Gasteiger partial charge in [0.1, 0.15) is 0 Å². The molecule has 0 radical (unpaired) electrons. The van der Waals surface area contributed by atoms with Gasteiger partial charge in [-0.3, -0.25) is 4.39 Å². The highest BCUT2D eigenvalue weighted by Gasteiger charge is 2.20. The predicted molar refractivity (Wildman–Crippen MR) is 42.3 cm³/mol. The summed E-state index contributed by atoms with van der Waals surface area (Å²) in [5.41, 5.74) is 4.90. The van der Waals surface area contributed by atoms with E-state index in [0.717, 1.165) is 0 Å². The molecular formula is C7H11FSi. The second-order valence-corrected chi connectivity index (χ2v) is 5.58. The van der Waals surface area contributed by atoms with Crippen LogP contribution in [0.4, 0.5) is 4.39 Å². The Morgan fingerprint density at radius 2 is 1.44 bits per heavy atom. The van der Waals surface area contributed by atoms with Crippen LogP contribution in [0.25, 0.3) is 0 Å². The molecule has 0 saturated carbocycles. The average Bonchev–Trinajstić information content (AvgIpc) is 1.95. The van der Waals surface area contributed by atoms with E-state index in [2.05, 4.69) is 19.7 Å². The molecule has 0 saturated heterocycles. The van der Waals surface area contributed by atoms with E-state index in [4.69, 9.17) is 0 Å². The summed E-state index contributed by atoms with van der Waals surface area (Å²) in [5, 5.41) is 0. The SMILES string of the molecule is C=C[Si](C=C)(C=C)CF. The van der Waals surface area contributed by atoms with Crippen LogP contribution in [0.15, 0.2) is 36.8 Å². The third-order valence-electron chi connectivity index (χ3n) is 1.37. The summed E-state index contributed by atoms with van der Waals surface area (Å²) in [7, 11) is -2.07. The van der Waals surface area contributed by atoms with Crippen LogP contribution in [0.3, 0.4) is 0 Å². The van der Waals surface area contributed by atoms with Crippen molar-refractivity contribution >= 4 is 8.07 Å². The number of rotatable bonds is 4. The van der Waals surface area contributed by atoms with E-state index in [-0.39, 0.29) is 6.30 Å². The molecular weight excluding hydrogens is 131 g/mol. The minimum absolute atomic E-state index is 0.372. The van der Waals surface area contributed by atoms with Crippen molar-refractivity contribution in [3.8, 4) is 0 Å². The molecule has 0 nitrogen and oxygen atoms in total. The van der Waals surface area contributed by atoms with Crippen LogP contribution in [-0.2, 0) is 0 Å². The first kappa shape index (κ1) is 8.37. The van der Waals surface area contributed by atoms with Crippen molar-refractivity contribution < 1.29 is 4.39 Å². The molecule has 0 fully saturated rings. The van der Waals surface area contributed by atoms with E-state index in [1.807, 2.05) is 0 Å². The fourth-order valence-electron chi connectivity index (χ4n) is 0.414. The highest BCUT2D eigenvalue weighted by atomic mass is 28.3. The minimum atomic E-state index is -2.07. The van der Waals surface area contributed by atoms with Crippen LogP contribution in [0.5, 0.6) is 0 Å². The Hall–Kier alpha value is -0.633. The molecule has 0 aliphatic heterocycles. The van der Waals surface area contributed by atoms with Crippen molar-refractivity contribution in [3.05, 3.63) is 36.8 Å². The molecule has 50 valence electrons. The monoisotopic (exact) mass is 142 g/mol. The Balaban J connectivity index is 4.34. The van der Waals surface area contributed by atoms with Gasteiger partial charge in [0.05, 0.1) is 6.30 Å². The van der Waals surface area contributed by atoms with Crippen LogP contribution in [0.2, 0.25) is 0 Å². The van der Waals surface area contributed by atoms with Crippen LogP contribution < -0.4 is 0 Å². The Labute approximate surface area is 56.4 Å². The van der Waals surface area contributed by atoms with Gasteiger partial charge in [-0.1, -0.05) is 17.1 Å². The molecule has 0 amide bonds. The first-order valence-electron chi connectivity index (χ1n) is 2.71. The van der Waals surface area contributed by atoms with E-state index in [0.29, 0.717) is 0 Å². The zero-order valence-electron chi connectivity index (χ0n) is 5.44. The maximum atomic E-state index is 12.2. The summed E-state index contributed by atoms with van der Waals surface area (Å²) in [6.45, 7) is 10.6. The zero-order valence-corrected chi connectivity index (χ0v) is 6.44. The van der Waals surface area contributed by atoms with E-state index in [9.17, 15) is 4.39 Å². The number of alkyl halides is 1. The van der Waals surface area contributed by atoms with E-state index < -0.39 is 8.07 Å². The van der Waals surface area contributed by atoms with Gasteiger partial charge >= 0.3 is 0 Å². The molecule has 0 heterocycles. The summed E-state index contributed by atoms with van der Waals surface area (Å²) < 4.78 is 12.2.